The molecule has 0 saturated heterocycles. The lowest BCUT2D eigenvalue weighted by Gasteiger charge is -2.28. The number of pyridine rings is 1. The summed E-state index contributed by atoms with van der Waals surface area (Å²) in [5.41, 5.74) is 7.79. The Hall–Kier alpha value is -1.59. The number of hydrogen-bond donors (Lipinski definition) is 2. The minimum Gasteiger partial charge on any atom is -0.480 e. The molecule has 4 nitrogen and oxygen atoms in total. The fourth-order valence-corrected chi connectivity index (χ4v) is 2.98. The molecular weight excluding hydrogens is 272 g/mol. The van der Waals surface area contributed by atoms with Crippen LogP contribution >= 0.6 is 11.8 Å². The lowest BCUT2D eigenvalue weighted by Crippen LogP contribution is -2.46. The molecular formula is C15H18N2O2S. The minimum atomic E-state index is -0.974. The zero-order valence-electron chi connectivity index (χ0n) is 11.5. The van der Waals surface area contributed by atoms with Gasteiger partial charge in [-0.1, -0.05) is 24.3 Å². The number of hydrogen-bond acceptors (Lipinski definition) is 4. The van der Waals surface area contributed by atoms with Gasteiger partial charge in [0.15, 0.2) is 0 Å². The molecule has 2 rings (SSSR count). The first-order valence-corrected chi connectivity index (χ1v) is 7.35. The zero-order chi connectivity index (χ0) is 14.8. The smallest absolute Gasteiger partial charge is 0.321 e. The number of aromatic nitrogens is 1. The number of nitrogens with two attached hydrogens (primary N) is 1. The highest BCUT2D eigenvalue weighted by molar-refractivity contribution is 7.99. The number of thioether (sulfide) groups is 1. The van der Waals surface area contributed by atoms with Gasteiger partial charge in [-0.3, -0.25) is 9.78 Å². The number of carbonyl (C=O) groups is 1. The molecule has 1 aromatic carbocycles. The summed E-state index contributed by atoms with van der Waals surface area (Å²) in [5, 5.41) is 10.1. The maximum absolute atomic E-state index is 11.0. The summed E-state index contributed by atoms with van der Waals surface area (Å²) < 4.78 is -0.539. The van der Waals surface area contributed by atoms with Crippen LogP contribution in [0.1, 0.15) is 19.4 Å². The molecule has 0 bridgehead atoms. The van der Waals surface area contributed by atoms with Crippen LogP contribution in [0, 0.1) is 0 Å². The van der Waals surface area contributed by atoms with Crippen molar-refractivity contribution in [1.82, 2.24) is 4.98 Å². The van der Waals surface area contributed by atoms with Gasteiger partial charge in [0.25, 0.3) is 0 Å². The standard InChI is InChI=1S/C15H18N2O2S/c1-15(2,13(16)14(18)19)20-9-11-6-3-5-10-7-4-8-17-12(10)11/h3-8,13H,9,16H2,1-2H3,(H,18,19)/t13-/m1/s1. The van der Waals surface area contributed by atoms with Crippen molar-refractivity contribution < 1.29 is 9.90 Å². The second-order valence-electron chi connectivity index (χ2n) is 5.20. The Morgan fingerprint density at radius 1 is 1.40 bits per heavy atom. The van der Waals surface area contributed by atoms with E-state index in [0.29, 0.717) is 5.75 Å². The highest BCUT2D eigenvalue weighted by Gasteiger charge is 2.32. The number of aliphatic carboxylic acids is 1. The minimum absolute atomic E-state index is 0.539. The summed E-state index contributed by atoms with van der Waals surface area (Å²) in [7, 11) is 0. The van der Waals surface area contributed by atoms with Gasteiger partial charge in [-0.05, 0) is 25.5 Å². The Labute approximate surface area is 122 Å². The van der Waals surface area contributed by atoms with Crippen molar-refractivity contribution in [3.8, 4) is 0 Å². The van der Waals surface area contributed by atoms with Crippen molar-refractivity contribution in [1.29, 1.82) is 0 Å². The molecule has 0 fully saturated rings. The zero-order valence-corrected chi connectivity index (χ0v) is 12.4. The van der Waals surface area contributed by atoms with Crippen LogP contribution in [0.4, 0.5) is 0 Å². The fraction of sp³-hybridized carbons (Fsp3) is 0.333. The molecule has 3 N–H and O–H groups in total. The molecule has 20 heavy (non-hydrogen) atoms. The van der Waals surface area contributed by atoms with Crippen LogP contribution in [0.15, 0.2) is 36.5 Å². The molecule has 0 amide bonds. The van der Waals surface area contributed by atoms with E-state index in [1.54, 1.807) is 6.20 Å². The normalized spacial score (nSPS) is 13.3. The number of carboxylic acid groups (broad SMARTS) is 1. The second-order valence-corrected chi connectivity index (χ2v) is 6.83. The maximum atomic E-state index is 11.0. The van der Waals surface area contributed by atoms with Crippen LogP contribution in [0.3, 0.4) is 0 Å². The van der Waals surface area contributed by atoms with Gasteiger partial charge in [0, 0.05) is 22.1 Å². The van der Waals surface area contributed by atoms with E-state index in [-0.39, 0.29) is 0 Å². The fourth-order valence-electron chi connectivity index (χ4n) is 1.93. The lowest BCUT2D eigenvalue weighted by molar-refractivity contribution is -0.139. The monoisotopic (exact) mass is 290 g/mol. The Morgan fingerprint density at radius 3 is 2.80 bits per heavy atom. The Kier molecular flexibility index (Phi) is 4.30. The van der Waals surface area contributed by atoms with Gasteiger partial charge >= 0.3 is 5.97 Å². The number of nitrogens with zero attached hydrogens (tertiary/aromatic N) is 1. The third kappa shape index (κ3) is 3.11. The molecule has 0 radical (unpaired) electrons. The third-order valence-electron chi connectivity index (χ3n) is 3.33. The van der Waals surface area contributed by atoms with Crippen molar-refractivity contribution in [2.75, 3.05) is 0 Å². The first-order chi connectivity index (χ1) is 9.42. The van der Waals surface area contributed by atoms with Crippen LogP contribution in [0.25, 0.3) is 10.9 Å². The number of rotatable bonds is 5. The highest BCUT2D eigenvalue weighted by Crippen LogP contribution is 2.32. The summed E-state index contributed by atoms with van der Waals surface area (Å²) in [6, 6.07) is 9.06. The van der Waals surface area contributed by atoms with Crippen molar-refractivity contribution in [3.05, 3.63) is 42.1 Å². The SMILES string of the molecule is CC(C)(SCc1cccc2cccnc12)[C@H](N)C(=O)O. The van der Waals surface area contributed by atoms with Gasteiger partial charge in [0.1, 0.15) is 6.04 Å². The van der Waals surface area contributed by atoms with Crippen LogP contribution in [-0.4, -0.2) is 26.8 Å². The van der Waals surface area contributed by atoms with Crippen molar-refractivity contribution >= 4 is 28.6 Å². The summed E-state index contributed by atoms with van der Waals surface area (Å²) in [5.74, 6) is -0.291. The molecule has 1 atom stereocenters. The first kappa shape index (κ1) is 14.8. The summed E-state index contributed by atoms with van der Waals surface area (Å²) in [6.45, 7) is 3.71. The van der Waals surface area contributed by atoms with Crippen LogP contribution in [0.5, 0.6) is 0 Å². The molecule has 2 aromatic rings. The molecule has 1 aromatic heterocycles. The average Bonchev–Trinajstić information content (AvgIpc) is 2.44. The topological polar surface area (TPSA) is 76.2 Å². The largest absolute Gasteiger partial charge is 0.480 e. The van der Waals surface area contributed by atoms with E-state index in [0.717, 1.165) is 16.5 Å². The van der Waals surface area contributed by atoms with Crippen molar-refractivity contribution in [2.45, 2.75) is 30.4 Å². The molecule has 0 spiro atoms. The Morgan fingerprint density at radius 2 is 2.10 bits per heavy atom. The van der Waals surface area contributed by atoms with E-state index in [1.165, 1.54) is 11.8 Å². The molecule has 0 aliphatic rings. The van der Waals surface area contributed by atoms with E-state index < -0.39 is 16.8 Å². The van der Waals surface area contributed by atoms with Gasteiger partial charge < -0.3 is 10.8 Å². The molecule has 1 heterocycles. The molecule has 0 unspecified atom stereocenters. The number of para-hydroxylation sites is 1. The summed E-state index contributed by atoms with van der Waals surface area (Å²) in [4.78, 5) is 15.4. The molecule has 0 aliphatic carbocycles. The molecule has 0 aliphatic heterocycles. The molecule has 5 heteroatoms. The highest BCUT2D eigenvalue weighted by atomic mass is 32.2. The second kappa shape index (κ2) is 5.81. The predicted molar refractivity (Wildman–Crippen MR) is 82.7 cm³/mol. The molecule has 0 saturated carbocycles. The van der Waals surface area contributed by atoms with Crippen molar-refractivity contribution in [3.63, 3.8) is 0 Å². The van der Waals surface area contributed by atoms with Crippen molar-refractivity contribution in [2.24, 2.45) is 5.73 Å². The number of carboxylic acids is 1. The summed E-state index contributed by atoms with van der Waals surface area (Å²) in [6.07, 6.45) is 1.77. The van der Waals surface area contributed by atoms with Gasteiger partial charge in [-0.2, -0.15) is 0 Å². The van der Waals surface area contributed by atoms with Crippen LogP contribution < -0.4 is 5.73 Å². The lowest BCUT2D eigenvalue weighted by atomic mass is 10.1. The Balaban J connectivity index is 2.19. The first-order valence-electron chi connectivity index (χ1n) is 6.37. The molecule has 106 valence electrons. The van der Waals surface area contributed by atoms with E-state index in [2.05, 4.69) is 4.98 Å². The van der Waals surface area contributed by atoms with Crippen LogP contribution in [-0.2, 0) is 10.5 Å². The summed E-state index contributed by atoms with van der Waals surface area (Å²) >= 11 is 1.54. The van der Waals surface area contributed by atoms with Gasteiger partial charge in [-0.25, -0.2) is 0 Å². The van der Waals surface area contributed by atoms with E-state index in [9.17, 15) is 4.79 Å². The van der Waals surface area contributed by atoms with E-state index in [4.69, 9.17) is 10.8 Å². The van der Waals surface area contributed by atoms with Gasteiger partial charge in [0.2, 0.25) is 0 Å². The van der Waals surface area contributed by atoms with E-state index >= 15 is 0 Å². The average molecular weight is 290 g/mol. The predicted octanol–water partition coefficient (Wildman–Crippen LogP) is 2.66. The van der Waals surface area contributed by atoms with Gasteiger partial charge in [-0.15, -0.1) is 11.8 Å². The van der Waals surface area contributed by atoms with Crippen LogP contribution in [0.2, 0.25) is 0 Å². The maximum Gasteiger partial charge on any atom is 0.321 e. The third-order valence-corrected chi connectivity index (χ3v) is 4.78. The number of benzene rings is 1. The Bertz CT molecular complexity index is 623. The quantitative estimate of drug-likeness (QED) is 0.885. The number of fused-ring (bicyclic) bond motifs is 1. The van der Waals surface area contributed by atoms with Gasteiger partial charge in [0.05, 0.1) is 5.52 Å². The van der Waals surface area contributed by atoms with E-state index in [1.807, 2.05) is 44.2 Å².